The number of carbonyl (C=O) groups excluding carboxylic acids is 1. The maximum atomic E-state index is 11.8. The van der Waals surface area contributed by atoms with E-state index in [1.807, 2.05) is 23.6 Å². The molecule has 0 aliphatic rings. The Morgan fingerprint density at radius 2 is 2.18 bits per heavy atom. The predicted octanol–water partition coefficient (Wildman–Crippen LogP) is 2.24. The number of hydrogen-bond acceptors (Lipinski definition) is 5. The van der Waals surface area contributed by atoms with Crippen molar-refractivity contribution in [2.45, 2.75) is 32.7 Å². The molecule has 0 aromatic carbocycles. The van der Waals surface area contributed by atoms with E-state index in [1.54, 1.807) is 17.5 Å². The van der Waals surface area contributed by atoms with Crippen LogP contribution in [0.5, 0.6) is 0 Å². The number of rotatable bonds is 7. The maximum Gasteiger partial charge on any atom is 0.236 e. The summed E-state index contributed by atoms with van der Waals surface area (Å²) in [6, 6.07) is 5.33. The summed E-state index contributed by atoms with van der Waals surface area (Å²) in [5.74, 6) is 0.329. The second-order valence-corrected chi connectivity index (χ2v) is 6.56. The fourth-order valence-electron chi connectivity index (χ4n) is 2.10. The van der Waals surface area contributed by atoms with Crippen LogP contribution in [0.3, 0.4) is 0 Å². The van der Waals surface area contributed by atoms with Crippen LogP contribution in [0, 0.1) is 5.92 Å². The predicted molar refractivity (Wildman–Crippen MR) is 89.5 cm³/mol. The van der Waals surface area contributed by atoms with Crippen LogP contribution < -0.4 is 11.1 Å². The van der Waals surface area contributed by atoms with Crippen LogP contribution in [0.4, 0.5) is 0 Å². The minimum atomic E-state index is -0.430. The number of carbonyl (C=O) groups is 1. The molecule has 0 fully saturated rings. The maximum absolute atomic E-state index is 11.8. The van der Waals surface area contributed by atoms with Crippen molar-refractivity contribution in [3.05, 3.63) is 34.8 Å². The molecule has 2 heterocycles. The lowest BCUT2D eigenvalue weighted by Gasteiger charge is -2.13. The average Bonchev–Trinajstić information content (AvgIpc) is 2.96. The van der Waals surface area contributed by atoms with E-state index < -0.39 is 6.04 Å². The average molecular weight is 318 g/mol. The number of nitrogens with one attached hydrogen (secondary N) is 1. The molecule has 1 atom stereocenters. The smallest absolute Gasteiger partial charge is 0.236 e. The molecule has 0 aliphatic heterocycles. The Morgan fingerprint density at radius 1 is 1.36 bits per heavy atom. The number of hydrogen-bond donors (Lipinski definition) is 2. The van der Waals surface area contributed by atoms with Crippen molar-refractivity contribution >= 4 is 17.2 Å². The molecule has 118 valence electrons. The highest BCUT2D eigenvalue weighted by molar-refractivity contribution is 7.09. The molecule has 6 heteroatoms. The monoisotopic (exact) mass is 318 g/mol. The van der Waals surface area contributed by atoms with Crippen LogP contribution in [-0.4, -0.2) is 28.5 Å². The number of nitrogens with two attached hydrogens (primary N) is 1. The molecule has 0 spiro atoms. The number of aromatic nitrogens is 2. The largest absolute Gasteiger partial charge is 0.354 e. The lowest BCUT2D eigenvalue weighted by Crippen LogP contribution is -2.42. The van der Waals surface area contributed by atoms with E-state index in [9.17, 15) is 4.79 Å². The Balaban J connectivity index is 1.81. The van der Waals surface area contributed by atoms with Crippen molar-refractivity contribution in [1.29, 1.82) is 0 Å². The van der Waals surface area contributed by atoms with Gasteiger partial charge in [0.2, 0.25) is 5.91 Å². The van der Waals surface area contributed by atoms with Gasteiger partial charge in [0.05, 0.1) is 22.4 Å². The Morgan fingerprint density at radius 3 is 2.86 bits per heavy atom. The van der Waals surface area contributed by atoms with Gasteiger partial charge in [0, 0.05) is 24.5 Å². The molecule has 0 saturated carbocycles. The number of pyridine rings is 1. The van der Waals surface area contributed by atoms with Gasteiger partial charge >= 0.3 is 0 Å². The SMILES string of the molecule is CC(C)C[C@H](N)C(=O)NCCc1nc(-c2ccccn2)cs1. The molecule has 5 nitrogen and oxygen atoms in total. The lowest BCUT2D eigenvalue weighted by atomic mass is 10.0. The highest BCUT2D eigenvalue weighted by Crippen LogP contribution is 2.19. The van der Waals surface area contributed by atoms with Crippen molar-refractivity contribution in [2.75, 3.05) is 6.54 Å². The molecule has 1 amide bonds. The molecular formula is C16H22N4OS. The minimum Gasteiger partial charge on any atom is -0.354 e. The molecule has 0 radical (unpaired) electrons. The Hall–Kier alpha value is -1.79. The highest BCUT2D eigenvalue weighted by atomic mass is 32.1. The topological polar surface area (TPSA) is 80.9 Å². The first kappa shape index (κ1) is 16.6. The summed E-state index contributed by atoms with van der Waals surface area (Å²) in [6.07, 6.45) is 3.16. The van der Waals surface area contributed by atoms with E-state index in [0.29, 0.717) is 25.3 Å². The fourth-order valence-corrected chi connectivity index (χ4v) is 2.89. The van der Waals surface area contributed by atoms with Gasteiger partial charge in [-0.15, -0.1) is 11.3 Å². The van der Waals surface area contributed by atoms with Crippen molar-refractivity contribution in [3.63, 3.8) is 0 Å². The van der Waals surface area contributed by atoms with Gasteiger partial charge in [-0.05, 0) is 24.5 Å². The van der Waals surface area contributed by atoms with E-state index in [0.717, 1.165) is 16.4 Å². The van der Waals surface area contributed by atoms with Crippen LogP contribution in [-0.2, 0) is 11.2 Å². The van der Waals surface area contributed by atoms with E-state index in [4.69, 9.17) is 5.73 Å². The molecule has 2 aromatic rings. The third-order valence-electron chi connectivity index (χ3n) is 3.18. The zero-order valence-corrected chi connectivity index (χ0v) is 13.8. The van der Waals surface area contributed by atoms with Gasteiger partial charge < -0.3 is 11.1 Å². The molecule has 22 heavy (non-hydrogen) atoms. The second-order valence-electron chi connectivity index (χ2n) is 5.62. The van der Waals surface area contributed by atoms with E-state index in [-0.39, 0.29) is 5.91 Å². The first-order chi connectivity index (χ1) is 10.6. The Labute approximate surface area is 135 Å². The normalized spacial score (nSPS) is 12.4. The molecular weight excluding hydrogens is 296 g/mol. The third kappa shape index (κ3) is 4.89. The summed E-state index contributed by atoms with van der Waals surface area (Å²) in [6.45, 7) is 4.67. The van der Waals surface area contributed by atoms with Crippen LogP contribution in [0.15, 0.2) is 29.8 Å². The first-order valence-electron chi connectivity index (χ1n) is 7.45. The van der Waals surface area contributed by atoms with Gasteiger partial charge in [-0.1, -0.05) is 19.9 Å². The summed E-state index contributed by atoms with van der Waals surface area (Å²) in [5, 5.41) is 5.85. The van der Waals surface area contributed by atoms with Crippen molar-refractivity contribution < 1.29 is 4.79 Å². The minimum absolute atomic E-state index is 0.0878. The molecule has 0 bridgehead atoms. The zero-order valence-electron chi connectivity index (χ0n) is 13.0. The van der Waals surface area contributed by atoms with Crippen molar-refractivity contribution in [2.24, 2.45) is 11.7 Å². The number of nitrogens with zero attached hydrogens (tertiary/aromatic N) is 2. The van der Waals surface area contributed by atoms with E-state index in [1.165, 1.54) is 0 Å². The quantitative estimate of drug-likeness (QED) is 0.820. The van der Waals surface area contributed by atoms with Crippen molar-refractivity contribution in [3.8, 4) is 11.4 Å². The molecule has 0 saturated heterocycles. The summed E-state index contributed by atoms with van der Waals surface area (Å²) < 4.78 is 0. The van der Waals surface area contributed by atoms with Gasteiger partial charge in [-0.3, -0.25) is 9.78 Å². The van der Waals surface area contributed by atoms with E-state index >= 15 is 0 Å². The van der Waals surface area contributed by atoms with Crippen LogP contribution in [0.25, 0.3) is 11.4 Å². The van der Waals surface area contributed by atoms with Gasteiger partial charge in [0.1, 0.15) is 0 Å². The molecule has 2 aromatic heterocycles. The Bertz CT molecular complexity index is 597. The van der Waals surface area contributed by atoms with E-state index in [2.05, 4.69) is 29.1 Å². The summed E-state index contributed by atoms with van der Waals surface area (Å²) in [5.41, 5.74) is 7.59. The van der Waals surface area contributed by atoms with Gasteiger partial charge in [0.25, 0.3) is 0 Å². The summed E-state index contributed by atoms with van der Waals surface area (Å²) >= 11 is 1.58. The second kappa shape index (κ2) is 8.00. The van der Waals surface area contributed by atoms with Crippen LogP contribution in [0.2, 0.25) is 0 Å². The molecule has 2 rings (SSSR count). The molecule has 3 N–H and O–H groups in total. The van der Waals surface area contributed by atoms with Crippen molar-refractivity contribution in [1.82, 2.24) is 15.3 Å². The number of amides is 1. The Kier molecular flexibility index (Phi) is 6.03. The van der Waals surface area contributed by atoms with Gasteiger partial charge in [0.15, 0.2) is 0 Å². The molecule has 0 unspecified atom stereocenters. The number of thiazole rings is 1. The fraction of sp³-hybridized carbons (Fsp3) is 0.438. The molecule has 0 aliphatic carbocycles. The zero-order chi connectivity index (χ0) is 15.9. The van der Waals surface area contributed by atoms with Crippen LogP contribution >= 0.6 is 11.3 Å². The highest BCUT2D eigenvalue weighted by Gasteiger charge is 2.14. The third-order valence-corrected chi connectivity index (χ3v) is 4.09. The van der Waals surface area contributed by atoms with Crippen LogP contribution in [0.1, 0.15) is 25.3 Å². The van der Waals surface area contributed by atoms with Gasteiger partial charge in [-0.25, -0.2) is 4.98 Å². The summed E-state index contributed by atoms with van der Waals surface area (Å²) in [4.78, 5) is 20.7. The first-order valence-corrected chi connectivity index (χ1v) is 8.33. The van der Waals surface area contributed by atoms with Gasteiger partial charge in [-0.2, -0.15) is 0 Å². The lowest BCUT2D eigenvalue weighted by molar-refractivity contribution is -0.122. The standard InChI is InChI=1S/C16H22N4OS/c1-11(2)9-12(17)16(21)19-8-6-15-20-14(10-22-15)13-5-3-4-7-18-13/h3-5,7,10-12H,6,8-9,17H2,1-2H3,(H,19,21)/t12-/m0/s1. The summed E-state index contributed by atoms with van der Waals surface area (Å²) in [7, 11) is 0.